The van der Waals surface area contributed by atoms with Gasteiger partial charge in [-0.1, -0.05) is 26.0 Å². The fourth-order valence-electron chi connectivity index (χ4n) is 2.31. The number of carbonyl (C=O) groups excluding carboxylic acids is 2. The summed E-state index contributed by atoms with van der Waals surface area (Å²) < 4.78 is 0. The van der Waals surface area contributed by atoms with E-state index in [-0.39, 0.29) is 16.9 Å². The van der Waals surface area contributed by atoms with E-state index in [9.17, 15) is 9.59 Å². The van der Waals surface area contributed by atoms with E-state index >= 15 is 0 Å². The lowest BCUT2D eigenvalue weighted by Gasteiger charge is -2.16. The maximum atomic E-state index is 12.3. The average molecular weight is 369 g/mol. The lowest BCUT2D eigenvalue weighted by atomic mass is 10.0. The Balaban J connectivity index is 1.95. The summed E-state index contributed by atoms with van der Waals surface area (Å²) in [7, 11) is 1.71. The van der Waals surface area contributed by atoms with Crippen LogP contribution in [0.2, 0.25) is 0 Å². The Morgan fingerprint density at radius 3 is 2.08 bits per heavy atom. The number of hydrogen-bond donors (Lipinski definition) is 2. The first-order valence-electron chi connectivity index (χ1n) is 8.34. The van der Waals surface area contributed by atoms with Crippen LogP contribution >= 0.6 is 12.2 Å². The highest BCUT2D eigenvalue weighted by atomic mass is 32.1. The summed E-state index contributed by atoms with van der Waals surface area (Å²) in [5.74, 6) is 0.114. The summed E-state index contributed by atoms with van der Waals surface area (Å²) in [6, 6.07) is 14.7. The second kappa shape index (κ2) is 8.58. The van der Waals surface area contributed by atoms with Crippen LogP contribution in [0.5, 0.6) is 0 Å². The van der Waals surface area contributed by atoms with E-state index in [0.29, 0.717) is 11.5 Å². The monoisotopic (exact) mass is 369 g/mol. The number of rotatable bonds is 4. The van der Waals surface area contributed by atoms with Crippen molar-refractivity contribution in [2.75, 3.05) is 17.3 Å². The van der Waals surface area contributed by atoms with E-state index in [1.54, 1.807) is 48.3 Å². The molecule has 2 rings (SSSR count). The number of carbonyl (C=O) groups is 2. The first-order valence-corrected chi connectivity index (χ1v) is 8.75. The van der Waals surface area contributed by atoms with Crippen molar-refractivity contribution >= 4 is 40.5 Å². The first-order chi connectivity index (χ1) is 12.3. The van der Waals surface area contributed by atoms with Gasteiger partial charge in [0, 0.05) is 30.9 Å². The molecule has 0 fully saturated rings. The molecule has 0 radical (unpaired) electrons. The molecular formula is C20H23N3O2S. The first kappa shape index (κ1) is 19.6. The Hall–Kier alpha value is -2.73. The molecule has 0 spiro atoms. The smallest absolute Gasteiger partial charge is 0.257 e. The Bertz CT molecular complexity index is 799. The van der Waals surface area contributed by atoms with Crippen molar-refractivity contribution in [2.24, 2.45) is 0 Å². The zero-order valence-electron chi connectivity index (χ0n) is 15.4. The number of hydrogen-bond acceptors (Lipinski definition) is 3. The lowest BCUT2D eigenvalue weighted by molar-refractivity contribution is -0.116. The van der Waals surface area contributed by atoms with Gasteiger partial charge in [-0.2, -0.15) is 0 Å². The molecule has 0 unspecified atom stereocenters. The molecule has 2 aromatic rings. The third kappa shape index (κ3) is 5.13. The van der Waals surface area contributed by atoms with Crippen LogP contribution in [-0.2, 0) is 4.79 Å². The Labute approximate surface area is 159 Å². The Morgan fingerprint density at radius 2 is 1.58 bits per heavy atom. The number of amides is 2. The van der Waals surface area contributed by atoms with Gasteiger partial charge in [-0.25, -0.2) is 0 Å². The van der Waals surface area contributed by atoms with Crippen molar-refractivity contribution in [3.8, 4) is 0 Å². The Morgan fingerprint density at radius 1 is 1.00 bits per heavy atom. The van der Waals surface area contributed by atoms with Crippen molar-refractivity contribution in [3.63, 3.8) is 0 Å². The minimum Gasteiger partial charge on any atom is -0.332 e. The summed E-state index contributed by atoms with van der Waals surface area (Å²) in [5, 5.41) is 5.85. The number of thiocarbonyl (C=S) groups is 1. The van der Waals surface area contributed by atoms with Crippen molar-refractivity contribution in [1.29, 1.82) is 0 Å². The Kier molecular flexibility index (Phi) is 6.46. The molecule has 0 aliphatic carbocycles. The number of benzene rings is 2. The molecular weight excluding hydrogens is 346 g/mol. The lowest BCUT2D eigenvalue weighted by Crippen LogP contribution is -2.34. The normalized spacial score (nSPS) is 10.3. The van der Waals surface area contributed by atoms with Crippen LogP contribution in [0.4, 0.5) is 11.4 Å². The van der Waals surface area contributed by atoms with Crippen LogP contribution in [0, 0.1) is 0 Å². The van der Waals surface area contributed by atoms with E-state index in [2.05, 4.69) is 24.5 Å². The molecule has 6 heteroatoms. The van der Waals surface area contributed by atoms with E-state index < -0.39 is 0 Å². The molecule has 0 saturated heterocycles. The molecule has 0 aromatic heterocycles. The van der Waals surface area contributed by atoms with Gasteiger partial charge >= 0.3 is 0 Å². The molecule has 0 bridgehead atoms. The number of nitrogens with zero attached hydrogens (tertiary/aromatic N) is 1. The standard InChI is InChI=1S/C20H23N3O2S/c1-13(2)15-5-7-16(8-6-15)19(25)22-20(26)21-17-9-11-18(12-10-17)23(4)14(3)24/h5-13H,1-4H3,(H2,21,22,25,26). The molecule has 5 nitrogen and oxygen atoms in total. The summed E-state index contributed by atoms with van der Waals surface area (Å²) in [6.45, 7) is 5.71. The highest BCUT2D eigenvalue weighted by molar-refractivity contribution is 7.80. The fraction of sp³-hybridized carbons (Fsp3) is 0.250. The second-order valence-electron chi connectivity index (χ2n) is 6.31. The minimum atomic E-state index is -0.259. The topological polar surface area (TPSA) is 61.4 Å². The molecule has 0 heterocycles. The molecule has 26 heavy (non-hydrogen) atoms. The molecule has 0 aliphatic heterocycles. The van der Waals surface area contributed by atoms with Crippen molar-refractivity contribution in [3.05, 3.63) is 59.7 Å². The SMILES string of the molecule is CC(=O)N(C)c1ccc(NC(=S)NC(=O)c2ccc(C(C)C)cc2)cc1. The average Bonchev–Trinajstić information content (AvgIpc) is 2.61. The van der Waals surface area contributed by atoms with Crippen LogP contribution in [0.3, 0.4) is 0 Å². The van der Waals surface area contributed by atoms with Crippen molar-refractivity contribution < 1.29 is 9.59 Å². The molecule has 0 aliphatic rings. The van der Waals surface area contributed by atoms with E-state index in [1.165, 1.54) is 12.5 Å². The molecule has 0 saturated carbocycles. The number of anilines is 2. The number of nitrogens with one attached hydrogen (secondary N) is 2. The third-order valence-electron chi connectivity index (χ3n) is 4.05. The van der Waals surface area contributed by atoms with Gasteiger partial charge in [0.15, 0.2) is 5.11 Å². The van der Waals surface area contributed by atoms with Crippen LogP contribution in [0.25, 0.3) is 0 Å². The van der Waals surface area contributed by atoms with Crippen LogP contribution in [0.1, 0.15) is 42.6 Å². The van der Waals surface area contributed by atoms with E-state index in [1.807, 2.05) is 12.1 Å². The molecule has 2 N–H and O–H groups in total. The fourth-order valence-corrected chi connectivity index (χ4v) is 2.52. The van der Waals surface area contributed by atoms with Gasteiger partial charge in [0.05, 0.1) is 0 Å². The minimum absolute atomic E-state index is 0.0445. The zero-order valence-corrected chi connectivity index (χ0v) is 16.2. The van der Waals surface area contributed by atoms with Gasteiger partial charge in [-0.05, 0) is 60.1 Å². The van der Waals surface area contributed by atoms with E-state index in [0.717, 1.165) is 11.4 Å². The molecule has 2 amide bonds. The van der Waals surface area contributed by atoms with Gasteiger partial charge in [0.1, 0.15) is 0 Å². The van der Waals surface area contributed by atoms with Gasteiger partial charge in [0.2, 0.25) is 5.91 Å². The van der Waals surface area contributed by atoms with Crippen molar-refractivity contribution in [1.82, 2.24) is 5.32 Å². The quantitative estimate of drug-likeness (QED) is 0.802. The second-order valence-corrected chi connectivity index (χ2v) is 6.72. The highest BCUT2D eigenvalue weighted by Gasteiger charge is 2.09. The molecule has 2 aromatic carbocycles. The molecule has 136 valence electrons. The van der Waals surface area contributed by atoms with Gasteiger partial charge < -0.3 is 10.2 Å². The summed E-state index contributed by atoms with van der Waals surface area (Å²) >= 11 is 5.20. The molecule has 0 atom stereocenters. The predicted molar refractivity (Wildman–Crippen MR) is 110 cm³/mol. The van der Waals surface area contributed by atoms with Crippen LogP contribution < -0.4 is 15.5 Å². The third-order valence-corrected chi connectivity index (χ3v) is 4.26. The van der Waals surface area contributed by atoms with Gasteiger partial charge in [0.25, 0.3) is 5.91 Å². The summed E-state index contributed by atoms with van der Waals surface area (Å²) in [6.07, 6.45) is 0. The highest BCUT2D eigenvalue weighted by Crippen LogP contribution is 2.17. The maximum Gasteiger partial charge on any atom is 0.257 e. The maximum absolute atomic E-state index is 12.3. The van der Waals surface area contributed by atoms with Crippen LogP contribution in [0.15, 0.2) is 48.5 Å². The predicted octanol–water partition coefficient (Wildman–Crippen LogP) is 3.92. The van der Waals surface area contributed by atoms with E-state index in [4.69, 9.17) is 12.2 Å². The summed E-state index contributed by atoms with van der Waals surface area (Å²) in [5.41, 5.74) is 3.24. The largest absolute Gasteiger partial charge is 0.332 e. The van der Waals surface area contributed by atoms with Crippen molar-refractivity contribution in [2.45, 2.75) is 26.7 Å². The summed E-state index contributed by atoms with van der Waals surface area (Å²) in [4.78, 5) is 25.2. The van der Waals surface area contributed by atoms with Crippen LogP contribution in [-0.4, -0.2) is 24.0 Å². The zero-order chi connectivity index (χ0) is 19.3. The van der Waals surface area contributed by atoms with Gasteiger partial charge in [-0.3, -0.25) is 14.9 Å². The van der Waals surface area contributed by atoms with Gasteiger partial charge in [-0.15, -0.1) is 0 Å².